The van der Waals surface area contributed by atoms with Gasteiger partial charge in [-0.05, 0) is 6.92 Å². The molecule has 0 aromatic carbocycles. The van der Waals surface area contributed by atoms with E-state index in [-0.39, 0.29) is 6.92 Å². The van der Waals surface area contributed by atoms with E-state index >= 15 is 0 Å². The first kappa shape index (κ1) is 21.2. The molecule has 134 valence electrons. The minimum Gasteiger partial charge on any atom is -0.390 e. The quantitative estimate of drug-likeness (QED) is 0.659. The van der Waals surface area contributed by atoms with E-state index < -0.39 is 55.2 Å². The maximum Gasteiger partial charge on any atom is 0.355 e. The largest absolute Gasteiger partial charge is 0.390 e. The van der Waals surface area contributed by atoms with Crippen LogP contribution in [0.2, 0.25) is 0 Å². The van der Waals surface area contributed by atoms with Crippen molar-refractivity contribution in [2.45, 2.75) is 42.1 Å². The first-order valence-electron chi connectivity index (χ1n) is 5.50. The van der Waals surface area contributed by atoms with Crippen LogP contribution in [0.3, 0.4) is 0 Å². The second-order valence-corrected chi connectivity index (χ2v) is 4.61. The molecule has 0 aliphatic carbocycles. The lowest BCUT2D eigenvalue weighted by molar-refractivity contribution is -0.369. The van der Waals surface area contributed by atoms with Gasteiger partial charge in [0.25, 0.3) is 5.67 Å². The molecule has 1 nitrogen and oxygen atoms in total. The van der Waals surface area contributed by atoms with Gasteiger partial charge in [0.1, 0.15) is 13.3 Å². The summed E-state index contributed by atoms with van der Waals surface area (Å²) >= 11 is 0. The van der Waals surface area contributed by atoms with Gasteiger partial charge in [-0.3, -0.25) is 0 Å². The zero-order valence-electron chi connectivity index (χ0n) is 10.8. The molecule has 0 saturated heterocycles. The molecular formula is C10H11F11O. The van der Waals surface area contributed by atoms with Crippen LogP contribution in [-0.4, -0.2) is 60.3 Å². The van der Waals surface area contributed by atoms with Gasteiger partial charge in [0.05, 0.1) is 6.10 Å². The summed E-state index contributed by atoms with van der Waals surface area (Å²) < 4.78 is 143. The summed E-state index contributed by atoms with van der Waals surface area (Å²) in [7, 11) is 0. The highest BCUT2D eigenvalue weighted by atomic mass is 19.3. The van der Waals surface area contributed by atoms with Crippen LogP contribution in [0, 0.1) is 0 Å². The van der Waals surface area contributed by atoms with Crippen LogP contribution in [0.15, 0.2) is 0 Å². The first-order valence-corrected chi connectivity index (χ1v) is 5.50. The maximum absolute atomic E-state index is 13.9. The lowest BCUT2D eigenvalue weighted by Gasteiger charge is -2.45. The van der Waals surface area contributed by atoms with Crippen molar-refractivity contribution < 1.29 is 53.4 Å². The standard InChI is InChI=1S/C10H11F11O/c1-5(22)8(17,7(15,16)4-13)10(20,21)9(18,19)6(14,2-11)3-12/h5,22H,2-4H2,1H3. The van der Waals surface area contributed by atoms with E-state index in [1.165, 1.54) is 0 Å². The van der Waals surface area contributed by atoms with Gasteiger partial charge in [-0.1, -0.05) is 0 Å². The molecule has 0 rings (SSSR count). The average molecular weight is 356 g/mol. The van der Waals surface area contributed by atoms with Crippen LogP contribution in [0.5, 0.6) is 0 Å². The Morgan fingerprint density at radius 3 is 1.32 bits per heavy atom. The molecular weight excluding hydrogens is 345 g/mol. The summed E-state index contributed by atoms with van der Waals surface area (Å²) in [6, 6.07) is 0. The number of hydrogen-bond donors (Lipinski definition) is 1. The Morgan fingerprint density at radius 2 is 1.09 bits per heavy atom. The Balaban J connectivity index is 6.37. The Hall–Kier alpha value is -0.810. The highest BCUT2D eigenvalue weighted by molar-refractivity contribution is 5.17. The Morgan fingerprint density at radius 1 is 0.727 bits per heavy atom. The molecule has 22 heavy (non-hydrogen) atoms. The third-order valence-electron chi connectivity index (χ3n) is 3.11. The SMILES string of the molecule is CC(O)C(F)(C(F)(F)CF)C(F)(F)C(F)(F)C(F)(CF)CF. The molecule has 0 aliphatic rings. The van der Waals surface area contributed by atoms with Crippen molar-refractivity contribution in [1.29, 1.82) is 0 Å². The fourth-order valence-electron chi connectivity index (χ4n) is 1.61. The monoisotopic (exact) mass is 356 g/mol. The van der Waals surface area contributed by atoms with E-state index in [1.54, 1.807) is 0 Å². The van der Waals surface area contributed by atoms with Crippen molar-refractivity contribution in [3.05, 3.63) is 0 Å². The average Bonchev–Trinajstić information content (AvgIpc) is 2.44. The lowest BCUT2D eigenvalue weighted by atomic mass is 9.78. The molecule has 0 aliphatic heterocycles. The predicted molar refractivity (Wildman–Crippen MR) is 52.1 cm³/mol. The molecule has 0 fully saturated rings. The third-order valence-corrected chi connectivity index (χ3v) is 3.11. The molecule has 0 radical (unpaired) electrons. The highest BCUT2D eigenvalue weighted by Gasteiger charge is 2.85. The lowest BCUT2D eigenvalue weighted by Crippen LogP contribution is -2.74. The van der Waals surface area contributed by atoms with Crippen molar-refractivity contribution in [2.24, 2.45) is 0 Å². The number of aliphatic hydroxyl groups is 1. The van der Waals surface area contributed by atoms with Gasteiger partial charge in [-0.15, -0.1) is 0 Å². The van der Waals surface area contributed by atoms with E-state index in [9.17, 15) is 48.3 Å². The third kappa shape index (κ3) is 2.52. The van der Waals surface area contributed by atoms with E-state index in [2.05, 4.69) is 0 Å². The van der Waals surface area contributed by atoms with Gasteiger partial charge in [-0.2, -0.15) is 26.3 Å². The molecule has 12 heteroatoms. The Kier molecular flexibility index (Phi) is 5.78. The van der Waals surface area contributed by atoms with E-state index in [0.29, 0.717) is 0 Å². The summed E-state index contributed by atoms with van der Waals surface area (Å²) in [5, 5.41) is 8.70. The minimum atomic E-state index is -6.85. The van der Waals surface area contributed by atoms with Gasteiger partial charge in [0.2, 0.25) is 5.67 Å². The fraction of sp³-hybridized carbons (Fsp3) is 1.00. The molecule has 2 unspecified atom stereocenters. The molecule has 0 amide bonds. The Labute approximate surface area is 117 Å². The number of aliphatic hydroxyl groups excluding tert-OH is 1. The van der Waals surface area contributed by atoms with Crippen LogP contribution in [0.25, 0.3) is 0 Å². The van der Waals surface area contributed by atoms with Crippen molar-refractivity contribution >= 4 is 0 Å². The predicted octanol–water partition coefficient (Wildman–Crippen LogP) is 3.60. The second kappa shape index (κ2) is 6.00. The molecule has 0 saturated carbocycles. The van der Waals surface area contributed by atoms with Gasteiger partial charge >= 0.3 is 17.8 Å². The maximum atomic E-state index is 13.9. The smallest absolute Gasteiger partial charge is 0.355 e. The molecule has 0 aromatic heterocycles. The van der Waals surface area contributed by atoms with E-state index in [4.69, 9.17) is 5.11 Å². The van der Waals surface area contributed by atoms with Crippen LogP contribution >= 0.6 is 0 Å². The molecule has 0 bridgehead atoms. The topological polar surface area (TPSA) is 20.2 Å². The fourth-order valence-corrected chi connectivity index (χ4v) is 1.61. The zero-order valence-corrected chi connectivity index (χ0v) is 10.8. The van der Waals surface area contributed by atoms with Crippen LogP contribution in [0.1, 0.15) is 6.92 Å². The second-order valence-electron chi connectivity index (χ2n) is 4.61. The number of rotatable bonds is 8. The van der Waals surface area contributed by atoms with Gasteiger partial charge in [0.15, 0.2) is 6.67 Å². The normalized spacial score (nSPS) is 19.0. The summed E-state index contributed by atoms with van der Waals surface area (Å²) in [5.74, 6) is -19.4. The molecule has 1 N–H and O–H groups in total. The van der Waals surface area contributed by atoms with E-state index in [0.717, 1.165) is 0 Å². The summed E-state index contributed by atoms with van der Waals surface area (Å²) in [6.45, 7) is -9.63. The first-order chi connectivity index (χ1) is 9.63. The molecule has 0 aromatic rings. The van der Waals surface area contributed by atoms with Crippen LogP contribution in [0.4, 0.5) is 48.3 Å². The Bertz CT molecular complexity index is 379. The summed E-state index contributed by atoms with van der Waals surface area (Å²) in [6.07, 6.45) is -3.64. The van der Waals surface area contributed by atoms with Crippen molar-refractivity contribution in [2.75, 3.05) is 20.0 Å². The van der Waals surface area contributed by atoms with Crippen molar-refractivity contribution in [3.8, 4) is 0 Å². The molecule has 0 spiro atoms. The van der Waals surface area contributed by atoms with Crippen LogP contribution in [-0.2, 0) is 0 Å². The van der Waals surface area contributed by atoms with Crippen molar-refractivity contribution in [3.63, 3.8) is 0 Å². The zero-order chi connectivity index (χ0) is 18.2. The van der Waals surface area contributed by atoms with Crippen molar-refractivity contribution in [1.82, 2.24) is 0 Å². The minimum absolute atomic E-state index is 0.154. The van der Waals surface area contributed by atoms with E-state index in [1.807, 2.05) is 0 Å². The number of halogens is 11. The number of alkyl halides is 11. The molecule has 2 atom stereocenters. The van der Waals surface area contributed by atoms with Gasteiger partial charge < -0.3 is 5.11 Å². The van der Waals surface area contributed by atoms with Gasteiger partial charge in [0, 0.05) is 0 Å². The van der Waals surface area contributed by atoms with Gasteiger partial charge in [-0.25, -0.2) is 22.0 Å². The summed E-state index contributed by atoms with van der Waals surface area (Å²) in [4.78, 5) is 0. The molecule has 0 heterocycles. The highest BCUT2D eigenvalue weighted by Crippen LogP contribution is 2.57. The number of hydrogen-bond acceptors (Lipinski definition) is 1. The van der Waals surface area contributed by atoms with Crippen LogP contribution < -0.4 is 0 Å². The summed E-state index contributed by atoms with van der Waals surface area (Å²) in [5.41, 5.74) is -11.4.